The Morgan fingerprint density at radius 1 is 1.40 bits per heavy atom. The summed E-state index contributed by atoms with van der Waals surface area (Å²) in [6, 6.07) is 1.79. The van der Waals surface area contributed by atoms with Crippen LogP contribution >= 0.6 is 0 Å². The van der Waals surface area contributed by atoms with Crippen LogP contribution in [0.15, 0.2) is 17.0 Å². The second-order valence-corrected chi connectivity index (χ2v) is 6.12. The van der Waals surface area contributed by atoms with E-state index in [-0.39, 0.29) is 16.6 Å². The Balaban J connectivity index is 2.78. The molecule has 1 aliphatic heterocycles. The Labute approximate surface area is 112 Å². The number of hydrogen-bond acceptors (Lipinski definition) is 5. The molecule has 1 heterocycles. The first-order chi connectivity index (χ1) is 9.05. The van der Waals surface area contributed by atoms with E-state index in [4.69, 9.17) is 4.65 Å². The summed E-state index contributed by atoms with van der Waals surface area (Å²) >= 11 is 0. The Hall–Kier alpha value is -1.39. The van der Waals surface area contributed by atoms with E-state index < -0.39 is 39.7 Å². The molecular formula is C10H8BF3O5S. The molecule has 2 rings (SSSR count). The van der Waals surface area contributed by atoms with Gasteiger partial charge in [0, 0.05) is 5.56 Å². The second-order valence-electron chi connectivity index (χ2n) is 4.21. The highest BCUT2D eigenvalue weighted by molar-refractivity contribution is 7.92. The largest absolute Gasteiger partial charge is 0.501 e. The second kappa shape index (κ2) is 4.57. The van der Waals surface area contributed by atoms with E-state index in [1.54, 1.807) is 0 Å². The highest BCUT2D eigenvalue weighted by Crippen LogP contribution is 2.33. The van der Waals surface area contributed by atoms with Crippen LogP contribution in [0.4, 0.5) is 13.2 Å². The minimum absolute atomic E-state index is 0.138. The number of carbonyl (C=O) groups is 1. The fraction of sp³-hybridized carbons (Fsp3) is 0.300. The van der Waals surface area contributed by atoms with Crippen molar-refractivity contribution in [1.29, 1.82) is 0 Å². The summed E-state index contributed by atoms with van der Waals surface area (Å²) in [6.07, 6.45) is 0. The summed E-state index contributed by atoms with van der Waals surface area (Å²) in [4.78, 5) is 10.2. The summed E-state index contributed by atoms with van der Waals surface area (Å²) in [6.45, 7) is 0.604. The van der Waals surface area contributed by atoms with Crippen molar-refractivity contribution >= 4 is 28.2 Å². The van der Waals surface area contributed by atoms with Crippen molar-refractivity contribution in [3.63, 3.8) is 0 Å². The van der Waals surface area contributed by atoms with E-state index in [1.165, 1.54) is 0 Å². The van der Waals surface area contributed by atoms with E-state index in [2.05, 4.69) is 0 Å². The zero-order chi connectivity index (χ0) is 15.3. The predicted octanol–water partition coefficient (Wildman–Crippen LogP) is 0.400. The summed E-state index contributed by atoms with van der Waals surface area (Å²) in [5, 5.41) is 9.47. The number of halogens is 3. The molecule has 0 saturated carbocycles. The molecule has 0 atom stereocenters. The number of benzene rings is 1. The zero-order valence-corrected chi connectivity index (χ0v) is 10.9. The van der Waals surface area contributed by atoms with Gasteiger partial charge in [-0.15, -0.1) is 0 Å². The molecule has 1 N–H and O–H groups in total. The van der Waals surface area contributed by atoms with Crippen molar-refractivity contribution in [2.45, 2.75) is 23.9 Å². The monoisotopic (exact) mass is 308 g/mol. The molecule has 0 aromatic heterocycles. The maximum atomic E-state index is 12.6. The SMILES string of the molecule is CC(=O)c1cc2c(c(S(=O)(=O)C(F)(F)F)c1)COB2O. The van der Waals surface area contributed by atoms with E-state index in [0.29, 0.717) is 6.07 Å². The van der Waals surface area contributed by atoms with Crippen molar-refractivity contribution in [1.82, 2.24) is 0 Å². The first-order valence-corrected chi connectivity index (χ1v) is 6.83. The molecule has 20 heavy (non-hydrogen) atoms. The molecule has 108 valence electrons. The Kier molecular flexibility index (Phi) is 3.43. The van der Waals surface area contributed by atoms with E-state index >= 15 is 0 Å². The van der Waals surface area contributed by atoms with Gasteiger partial charge < -0.3 is 9.68 Å². The lowest BCUT2D eigenvalue weighted by atomic mass is 9.78. The lowest BCUT2D eigenvalue weighted by Gasteiger charge is -2.13. The first-order valence-electron chi connectivity index (χ1n) is 5.34. The Bertz CT molecular complexity index is 683. The van der Waals surface area contributed by atoms with Gasteiger partial charge in [0.1, 0.15) is 0 Å². The van der Waals surface area contributed by atoms with Crippen LogP contribution in [0, 0.1) is 0 Å². The van der Waals surface area contributed by atoms with Crippen molar-refractivity contribution in [3.05, 3.63) is 23.3 Å². The quantitative estimate of drug-likeness (QED) is 0.632. The maximum absolute atomic E-state index is 12.6. The van der Waals surface area contributed by atoms with E-state index in [1.807, 2.05) is 0 Å². The topological polar surface area (TPSA) is 80.7 Å². The minimum atomic E-state index is -5.62. The van der Waals surface area contributed by atoms with E-state index in [0.717, 1.165) is 13.0 Å². The van der Waals surface area contributed by atoms with Crippen molar-refractivity contribution in [3.8, 4) is 0 Å². The molecule has 1 aromatic carbocycles. The van der Waals surface area contributed by atoms with Gasteiger partial charge in [-0.25, -0.2) is 8.42 Å². The molecule has 10 heteroatoms. The molecule has 1 aromatic rings. The minimum Gasteiger partial charge on any atom is -0.423 e. The number of fused-ring (bicyclic) bond motifs is 1. The molecule has 0 aliphatic carbocycles. The molecule has 1 aliphatic rings. The van der Waals surface area contributed by atoms with Gasteiger partial charge >= 0.3 is 12.6 Å². The smallest absolute Gasteiger partial charge is 0.423 e. The van der Waals surface area contributed by atoms with Crippen LogP contribution in [-0.2, 0) is 21.1 Å². The van der Waals surface area contributed by atoms with Crippen molar-refractivity contribution in [2.75, 3.05) is 0 Å². The third kappa shape index (κ3) is 2.23. The van der Waals surface area contributed by atoms with Crippen LogP contribution in [0.5, 0.6) is 0 Å². The Morgan fingerprint density at radius 2 is 2.00 bits per heavy atom. The molecule has 0 fully saturated rings. The molecule has 0 bridgehead atoms. The van der Waals surface area contributed by atoms with Crippen LogP contribution in [-0.4, -0.2) is 31.9 Å². The molecule has 5 nitrogen and oxygen atoms in total. The molecular weight excluding hydrogens is 300 g/mol. The highest BCUT2D eigenvalue weighted by atomic mass is 32.2. The normalized spacial score (nSPS) is 15.3. The van der Waals surface area contributed by atoms with Crippen LogP contribution in [0.3, 0.4) is 0 Å². The van der Waals surface area contributed by atoms with Crippen LogP contribution in [0.2, 0.25) is 0 Å². The third-order valence-corrected chi connectivity index (χ3v) is 4.45. The fourth-order valence-electron chi connectivity index (χ4n) is 1.86. The zero-order valence-electron chi connectivity index (χ0n) is 10.1. The number of sulfone groups is 1. The summed E-state index contributed by atoms with van der Waals surface area (Å²) in [5.41, 5.74) is -6.15. The Morgan fingerprint density at radius 3 is 2.50 bits per heavy atom. The van der Waals surface area contributed by atoms with Gasteiger partial charge in [-0.05, 0) is 24.0 Å². The van der Waals surface area contributed by atoms with E-state index in [9.17, 15) is 31.4 Å². The molecule has 0 unspecified atom stereocenters. The van der Waals surface area contributed by atoms with Crippen LogP contribution in [0.25, 0.3) is 0 Å². The van der Waals surface area contributed by atoms with Gasteiger partial charge in [-0.2, -0.15) is 13.2 Å². The number of carbonyl (C=O) groups excluding carboxylic acids is 1. The van der Waals surface area contributed by atoms with Crippen molar-refractivity contribution < 1.29 is 36.1 Å². The number of rotatable bonds is 2. The van der Waals surface area contributed by atoms with Gasteiger partial charge in [-0.3, -0.25) is 4.79 Å². The van der Waals surface area contributed by atoms with Crippen molar-refractivity contribution in [2.24, 2.45) is 0 Å². The average Bonchev–Trinajstić information content (AvgIpc) is 2.68. The third-order valence-electron chi connectivity index (χ3n) is 2.90. The fourth-order valence-corrected chi connectivity index (χ4v) is 2.89. The van der Waals surface area contributed by atoms with Crippen LogP contribution in [0.1, 0.15) is 22.8 Å². The summed E-state index contributed by atoms with van der Waals surface area (Å²) in [5.74, 6) is -0.620. The van der Waals surface area contributed by atoms with Gasteiger partial charge in [0.25, 0.3) is 9.84 Å². The molecule has 0 radical (unpaired) electrons. The van der Waals surface area contributed by atoms with Gasteiger partial charge in [0.2, 0.25) is 0 Å². The summed E-state index contributed by atoms with van der Waals surface area (Å²) in [7, 11) is -7.17. The van der Waals surface area contributed by atoms with Crippen LogP contribution < -0.4 is 5.46 Å². The van der Waals surface area contributed by atoms with Gasteiger partial charge in [-0.1, -0.05) is 6.07 Å². The number of ketones is 1. The number of alkyl halides is 3. The lowest BCUT2D eigenvalue weighted by molar-refractivity contribution is -0.0436. The summed E-state index contributed by atoms with van der Waals surface area (Å²) < 4.78 is 65.7. The lowest BCUT2D eigenvalue weighted by Crippen LogP contribution is -2.31. The van der Waals surface area contributed by atoms with Gasteiger partial charge in [0.05, 0.1) is 11.5 Å². The van der Waals surface area contributed by atoms with Gasteiger partial charge in [0.15, 0.2) is 5.78 Å². The molecule has 0 saturated heterocycles. The predicted molar refractivity (Wildman–Crippen MR) is 62.1 cm³/mol. The molecule has 0 spiro atoms. The highest BCUT2D eigenvalue weighted by Gasteiger charge is 2.49. The maximum Gasteiger partial charge on any atom is 0.501 e. The number of Topliss-reactive ketones (excluding diaryl/α,β-unsaturated/α-hetero) is 1. The number of hydrogen-bond donors (Lipinski definition) is 1. The molecule has 0 amide bonds. The average molecular weight is 308 g/mol. The standard InChI is InChI=1S/C10H8BF3O5S/c1-5(15)6-2-8-7(4-19-11(8)16)9(3-6)20(17,18)10(12,13)14/h2-3,16H,4H2,1H3. The first kappa shape index (κ1) is 15.0.